The van der Waals surface area contributed by atoms with Crippen LogP contribution in [-0.2, 0) is 17.6 Å². The lowest BCUT2D eigenvalue weighted by Gasteiger charge is -2.24. The monoisotopic (exact) mass is 558 g/mol. The molecule has 0 amide bonds. The number of aryl methyl sites for hydroxylation is 3. The molecule has 0 saturated carbocycles. The van der Waals surface area contributed by atoms with Crippen molar-refractivity contribution in [2.24, 2.45) is 0 Å². The van der Waals surface area contributed by atoms with E-state index in [0.29, 0.717) is 37.2 Å². The third kappa shape index (κ3) is 7.94. The molecule has 1 aromatic carbocycles. The molecule has 0 spiro atoms. The molecule has 41 heavy (non-hydrogen) atoms. The standard InChI is InChI=1S/C31H38N6O4/c1-22-27(12-7-16-32-22)40-21-20-37(18-5-4-9-24-14-13-23-8-6-17-33-29(23)34-24)19-15-26(30(38)39)36-31-35-25-10-2-3-11-28(25)41-31/h2-3,7,10-14,16,26H,4-6,8-9,15,17-21H2,1H3,(H,33,34)(H,35,36)(H,38,39)/t26-/m0/s1. The van der Waals surface area contributed by atoms with Crippen LogP contribution >= 0.6 is 0 Å². The Hall–Kier alpha value is -4.18. The van der Waals surface area contributed by atoms with Gasteiger partial charge in [0.25, 0.3) is 6.01 Å². The molecule has 0 saturated heterocycles. The lowest BCUT2D eigenvalue weighted by molar-refractivity contribution is -0.138. The van der Waals surface area contributed by atoms with Gasteiger partial charge in [-0.15, -0.1) is 0 Å². The zero-order valence-electron chi connectivity index (χ0n) is 23.5. The molecule has 216 valence electrons. The number of carboxylic acid groups (broad SMARTS) is 1. The Kier molecular flexibility index (Phi) is 9.64. The molecule has 4 aromatic rings. The van der Waals surface area contributed by atoms with Crippen LogP contribution < -0.4 is 15.4 Å². The number of carboxylic acids is 1. The number of benzene rings is 1. The zero-order chi connectivity index (χ0) is 28.4. The van der Waals surface area contributed by atoms with Crippen molar-refractivity contribution in [2.75, 3.05) is 43.4 Å². The van der Waals surface area contributed by atoms with E-state index in [0.717, 1.165) is 68.1 Å². The lowest BCUT2D eigenvalue weighted by Crippen LogP contribution is -2.37. The van der Waals surface area contributed by atoms with Gasteiger partial charge in [0.05, 0.1) is 5.69 Å². The van der Waals surface area contributed by atoms with Crippen molar-refractivity contribution in [3.63, 3.8) is 0 Å². The summed E-state index contributed by atoms with van der Waals surface area (Å²) in [6.07, 6.45) is 7.24. The molecule has 5 rings (SSSR count). The Balaban J connectivity index is 1.16. The number of pyridine rings is 2. The van der Waals surface area contributed by atoms with Crippen molar-refractivity contribution < 1.29 is 19.1 Å². The van der Waals surface area contributed by atoms with E-state index in [4.69, 9.17) is 14.1 Å². The smallest absolute Gasteiger partial charge is 0.326 e. The van der Waals surface area contributed by atoms with Crippen molar-refractivity contribution in [1.82, 2.24) is 19.9 Å². The van der Waals surface area contributed by atoms with Crippen LogP contribution in [0.25, 0.3) is 11.1 Å². The predicted molar refractivity (Wildman–Crippen MR) is 159 cm³/mol. The van der Waals surface area contributed by atoms with Crippen molar-refractivity contribution >= 4 is 28.9 Å². The van der Waals surface area contributed by atoms with Crippen molar-refractivity contribution in [2.45, 2.75) is 51.5 Å². The number of ether oxygens (including phenoxy) is 1. The first-order valence-corrected chi connectivity index (χ1v) is 14.4. The SMILES string of the molecule is Cc1ncccc1OCCN(CCCCc1ccc2c(n1)NCCC2)CC[C@H](Nc1nc2ccccc2o1)C(=O)O. The van der Waals surface area contributed by atoms with Gasteiger partial charge in [0, 0.05) is 31.5 Å². The Morgan fingerprint density at radius 1 is 1.12 bits per heavy atom. The largest absolute Gasteiger partial charge is 0.490 e. The molecule has 3 N–H and O–H groups in total. The average Bonchev–Trinajstić information content (AvgIpc) is 3.40. The van der Waals surface area contributed by atoms with Crippen LogP contribution in [0.5, 0.6) is 5.75 Å². The second-order valence-electron chi connectivity index (χ2n) is 10.4. The highest BCUT2D eigenvalue weighted by Crippen LogP contribution is 2.21. The number of nitrogens with one attached hydrogen (secondary N) is 2. The van der Waals surface area contributed by atoms with Crippen LogP contribution in [0.3, 0.4) is 0 Å². The fourth-order valence-electron chi connectivity index (χ4n) is 5.04. The van der Waals surface area contributed by atoms with E-state index in [2.05, 4.69) is 37.6 Å². The summed E-state index contributed by atoms with van der Waals surface area (Å²) in [5, 5.41) is 16.3. The van der Waals surface area contributed by atoms with Crippen LogP contribution in [-0.4, -0.2) is 69.8 Å². The van der Waals surface area contributed by atoms with E-state index in [9.17, 15) is 9.90 Å². The molecular weight excluding hydrogens is 520 g/mol. The zero-order valence-corrected chi connectivity index (χ0v) is 23.5. The van der Waals surface area contributed by atoms with Gasteiger partial charge in [-0.1, -0.05) is 18.2 Å². The van der Waals surface area contributed by atoms with Gasteiger partial charge in [-0.05, 0) is 87.9 Å². The Morgan fingerprint density at radius 3 is 2.88 bits per heavy atom. The predicted octanol–water partition coefficient (Wildman–Crippen LogP) is 4.94. The van der Waals surface area contributed by atoms with E-state index in [1.165, 1.54) is 5.56 Å². The number of oxazole rings is 1. The number of fused-ring (bicyclic) bond motifs is 2. The van der Waals surface area contributed by atoms with Gasteiger partial charge in [-0.3, -0.25) is 9.88 Å². The molecule has 10 heteroatoms. The minimum Gasteiger partial charge on any atom is -0.490 e. The number of carbonyl (C=O) groups is 1. The first-order chi connectivity index (χ1) is 20.0. The fraction of sp³-hybridized carbons (Fsp3) is 0.419. The van der Waals surface area contributed by atoms with Crippen LogP contribution in [0.4, 0.5) is 11.8 Å². The fourth-order valence-corrected chi connectivity index (χ4v) is 5.04. The van der Waals surface area contributed by atoms with Crippen LogP contribution in [0.1, 0.15) is 42.6 Å². The summed E-state index contributed by atoms with van der Waals surface area (Å²) in [5.74, 6) is 0.853. The normalized spacial score (nSPS) is 13.5. The Labute approximate surface area is 240 Å². The topological polar surface area (TPSA) is 126 Å². The molecule has 3 aromatic heterocycles. The van der Waals surface area contributed by atoms with Gasteiger partial charge in [0.1, 0.15) is 29.7 Å². The maximum absolute atomic E-state index is 12.1. The van der Waals surface area contributed by atoms with E-state index in [1.807, 2.05) is 43.3 Å². The number of aliphatic carboxylic acids is 1. The van der Waals surface area contributed by atoms with Gasteiger partial charge < -0.3 is 24.9 Å². The molecule has 1 atom stereocenters. The number of unbranched alkanes of at least 4 members (excludes halogenated alkanes) is 1. The Morgan fingerprint density at radius 2 is 2.02 bits per heavy atom. The van der Waals surface area contributed by atoms with Gasteiger partial charge in [0.2, 0.25) is 0 Å². The second kappa shape index (κ2) is 13.9. The maximum Gasteiger partial charge on any atom is 0.326 e. The second-order valence-corrected chi connectivity index (χ2v) is 10.4. The number of anilines is 2. The number of hydrogen-bond donors (Lipinski definition) is 3. The number of hydrogen-bond acceptors (Lipinski definition) is 9. The van der Waals surface area contributed by atoms with Gasteiger partial charge in [-0.2, -0.15) is 4.98 Å². The summed E-state index contributed by atoms with van der Waals surface area (Å²) in [4.78, 5) is 27.8. The minimum absolute atomic E-state index is 0.215. The lowest BCUT2D eigenvalue weighted by atomic mass is 10.1. The van der Waals surface area contributed by atoms with E-state index in [-0.39, 0.29) is 6.01 Å². The highest BCUT2D eigenvalue weighted by Gasteiger charge is 2.21. The molecule has 0 aliphatic carbocycles. The Bertz CT molecular complexity index is 1410. The molecule has 0 bridgehead atoms. The molecule has 1 aliphatic heterocycles. The molecule has 0 radical (unpaired) electrons. The van der Waals surface area contributed by atoms with Crippen LogP contribution in [0.15, 0.2) is 59.1 Å². The molecule has 4 heterocycles. The quantitative estimate of drug-likeness (QED) is 0.173. The van der Waals surface area contributed by atoms with E-state index < -0.39 is 12.0 Å². The molecule has 0 fully saturated rings. The van der Waals surface area contributed by atoms with Crippen molar-refractivity contribution in [3.8, 4) is 5.75 Å². The molecular formula is C31H38N6O4. The van der Waals surface area contributed by atoms with Crippen LogP contribution in [0.2, 0.25) is 0 Å². The average molecular weight is 559 g/mol. The highest BCUT2D eigenvalue weighted by atomic mass is 16.5. The minimum atomic E-state index is -0.943. The first kappa shape index (κ1) is 28.4. The summed E-state index contributed by atoms with van der Waals surface area (Å²) in [5.41, 5.74) is 4.56. The molecule has 1 aliphatic rings. The van der Waals surface area contributed by atoms with Crippen molar-refractivity contribution in [3.05, 3.63) is 71.7 Å². The number of aromatic nitrogens is 3. The third-order valence-corrected chi connectivity index (χ3v) is 7.36. The summed E-state index contributed by atoms with van der Waals surface area (Å²) in [6, 6.07) is 14.9. The summed E-state index contributed by atoms with van der Waals surface area (Å²) in [7, 11) is 0. The van der Waals surface area contributed by atoms with Gasteiger partial charge in [0.15, 0.2) is 5.58 Å². The van der Waals surface area contributed by atoms with Crippen LogP contribution in [0, 0.1) is 6.92 Å². The number of nitrogens with zero attached hydrogens (tertiary/aromatic N) is 4. The maximum atomic E-state index is 12.1. The first-order valence-electron chi connectivity index (χ1n) is 14.4. The summed E-state index contributed by atoms with van der Waals surface area (Å²) < 4.78 is 11.7. The van der Waals surface area contributed by atoms with Crippen molar-refractivity contribution in [1.29, 1.82) is 0 Å². The van der Waals surface area contributed by atoms with E-state index in [1.54, 1.807) is 6.20 Å². The van der Waals surface area contributed by atoms with Gasteiger partial charge >= 0.3 is 5.97 Å². The van der Waals surface area contributed by atoms with Gasteiger partial charge in [-0.25, -0.2) is 9.78 Å². The number of rotatable bonds is 15. The highest BCUT2D eigenvalue weighted by molar-refractivity contribution is 5.78. The summed E-state index contributed by atoms with van der Waals surface area (Å²) >= 11 is 0. The molecule has 0 unspecified atom stereocenters. The third-order valence-electron chi connectivity index (χ3n) is 7.36. The number of para-hydroxylation sites is 2. The van der Waals surface area contributed by atoms with E-state index >= 15 is 0 Å². The summed E-state index contributed by atoms with van der Waals surface area (Å²) in [6.45, 7) is 5.48. The molecule has 10 nitrogen and oxygen atoms in total.